The molecule has 1 aliphatic heterocycles. The minimum absolute atomic E-state index is 0.0544. The van der Waals surface area contributed by atoms with Crippen LogP contribution in [0, 0.1) is 5.92 Å². The van der Waals surface area contributed by atoms with E-state index in [9.17, 15) is 4.79 Å². The van der Waals surface area contributed by atoms with E-state index in [1.54, 1.807) is 0 Å². The predicted molar refractivity (Wildman–Crippen MR) is 123 cm³/mol. The van der Waals surface area contributed by atoms with E-state index in [4.69, 9.17) is 4.74 Å². The first-order valence-electron chi connectivity index (χ1n) is 11.3. The Morgan fingerprint density at radius 2 is 2.00 bits per heavy atom. The minimum Gasteiger partial charge on any atom is -0.378 e. The standard InChI is InChI=1S/C23H33N5O2S/c1-16(2)15-28-22(27-11-13-30-14-12-27)25-26-23(28)31-17(3)21(29)24-20-10-6-8-18-7-4-5-9-19(18)20/h4-5,7,9,16-17,20H,6,8,10-15H2,1-3H3,(H,24,29)/t17-,20+/m0/s1. The number of rotatable bonds is 7. The van der Waals surface area contributed by atoms with Gasteiger partial charge in [-0.3, -0.25) is 9.36 Å². The second-order valence-corrected chi connectivity index (χ2v) is 10.1. The second-order valence-electron chi connectivity index (χ2n) is 8.80. The van der Waals surface area contributed by atoms with Crippen LogP contribution in [0.4, 0.5) is 5.95 Å². The highest BCUT2D eigenvalue weighted by Gasteiger charge is 2.27. The lowest BCUT2D eigenvalue weighted by Gasteiger charge is -2.28. The highest BCUT2D eigenvalue weighted by Crippen LogP contribution is 2.31. The molecule has 2 atom stereocenters. The van der Waals surface area contributed by atoms with Gasteiger partial charge < -0.3 is 15.0 Å². The summed E-state index contributed by atoms with van der Waals surface area (Å²) in [6, 6.07) is 8.55. The molecule has 1 aromatic carbocycles. The number of hydrogen-bond acceptors (Lipinski definition) is 6. The van der Waals surface area contributed by atoms with Crippen LogP contribution in [0.3, 0.4) is 0 Å². The van der Waals surface area contributed by atoms with Gasteiger partial charge in [0.05, 0.1) is 24.5 Å². The van der Waals surface area contributed by atoms with Gasteiger partial charge in [0.2, 0.25) is 11.9 Å². The number of nitrogens with one attached hydrogen (secondary N) is 1. The van der Waals surface area contributed by atoms with E-state index in [1.165, 1.54) is 22.9 Å². The van der Waals surface area contributed by atoms with Crippen molar-refractivity contribution in [3.63, 3.8) is 0 Å². The van der Waals surface area contributed by atoms with Crippen molar-refractivity contribution in [2.45, 2.75) is 63.0 Å². The monoisotopic (exact) mass is 443 g/mol. The average molecular weight is 444 g/mol. The number of benzene rings is 1. The average Bonchev–Trinajstić information content (AvgIpc) is 3.16. The fourth-order valence-corrected chi connectivity index (χ4v) is 5.16. The van der Waals surface area contributed by atoms with Gasteiger partial charge in [-0.05, 0) is 43.2 Å². The van der Waals surface area contributed by atoms with Crippen LogP contribution < -0.4 is 10.2 Å². The smallest absolute Gasteiger partial charge is 0.233 e. The molecular weight excluding hydrogens is 410 g/mol. The van der Waals surface area contributed by atoms with Crippen molar-refractivity contribution >= 4 is 23.6 Å². The maximum absolute atomic E-state index is 13.1. The van der Waals surface area contributed by atoms with Crippen LogP contribution in [0.25, 0.3) is 0 Å². The number of thioether (sulfide) groups is 1. The summed E-state index contributed by atoms with van der Waals surface area (Å²) in [6.07, 6.45) is 3.19. The summed E-state index contributed by atoms with van der Waals surface area (Å²) in [6.45, 7) is 10.2. The summed E-state index contributed by atoms with van der Waals surface area (Å²) < 4.78 is 7.65. The van der Waals surface area contributed by atoms with Gasteiger partial charge in [0.1, 0.15) is 0 Å². The van der Waals surface area contributed by atoms with Gasteiger partial charge in [-0.2, -0.15) is 0 Å². The van der Waals surface area contributed by atoms with Gasteiger partial charge in [0.15, 0.2) is 5.16 Å². The number of anilines is 1. The van der Waals surface area contributed by atoms with Gasteiger partial charge >= 0.3 is 0 Å². The van der Waals surface area contributed by atoms with Crippen molar-refractivity contribution in [3.8, 4) is 0 Å². The molecular formula is C23H33N5O2S. The van der Waals surface area contributed by atoms with Crippen LogP contribution in [-0.4, -0.2) is 52.2 Å². The lowest BCUT2D eigenvalue weighted by atomic mass is 9.88. The number of ether oxygens (including phenoxy) is 1. The molecule has 7 nitrogen and oxygen atoms in total. The van der Waals surface area contributed by atoms with E-state index >= 15 is 0 Å². The first kappa shape index (κ1) is 22.1. The summed E-state index contributed by atoms with van der Waals surface area (Å²) in [4.78, 5) is 15.3. The minimum atomic E-state index is -0.248. The van der Waals surface area contributed by atoms with Crippen molar-refractivity contribution in [1.82, 2.24) is 20.1 Å². The number of carbonyl (C=O) groups excluding carboxylic acids is 1. The Balaban J connectivity index is 1.46. The van der Waals surface area contributed by atoms with E-state index < -0.39 is 0 Å². The number of carbonyl (C=O) groups is 1. The zero-order valence-corrected chi connectivity index (χ0v) is 19.5. The highest BCUT2D eigenvalue weighted by atomic mass is 32.2. The zero-order chi connectivity index (χ0) is 21.8. The van der Waals surface area contributed by atoms with Crippen LogP contribution in [0.2, 0.25) is 0 Å². The lowest BCUT2D eigenvalue weighted by Crippen LogP contribution is -2.38. The van der Waals surface area contributed by atoms with Gasteiger partial charge in [-0.15, -0.1) is 10.2 Å². The number of hydrogen-bond donors (Lipinski definition) is 1. The summed E-state index contributed by atoms with van der Waals surface area (Å²) in [5.41, 5.74) is 2.61. The molecule has 2 aliphatic rings. The van der Waals surface area contributed by atoms with Gasteiger partial charge in [-0.1, -0.05) is 49.9 Å². The molecule has 1 aromatic heterocycles. The Morgan fingerprint density at radius 1 is 1.23 bits per heavy atom. The SMILES string of the molecule is CC(C)Cn1c(S[C@@H](C)C(=O)N[C@@H]2CCCc3ccccc32)nnc1N1CCOCC1. The van der Waals surface area contributed by atoms with Crippen molar-refractivity contribution in [3.05, 3.63) is 35.4 Å². The van der Waals surface area contributed by atoms with Gasteiger partial charge in [0, 0.05) is 19.6 Å². The Bertz CT molecular complexity index is 894. The van der Waals surface area contributed by atoms with Crippen molar-refractivity contribution in [1.29, 1.82) is 0 Å². The van der Waals surface area contributed by atoms with Gasteiger partial charge in [0.25, 0.3) is 0 Å². The normalized spacial score (nSPS) is 19.9. The lowest BCUT2D eigenvalue weighted by molar-refractivity contribution is -0.121. The van der Waals surface area contributed by atoms with E-state index in [0.717, 1.165) is 50.0 Å². The molecule has 1 fully saturated rings. The Labute approximate surface area is 188 Å². The zero-order valence-electron chi connectivity index (χ0n) is 18.7. The first-order valence-corrected chi connectivity index (χ1v) is 12.2. The van der Waals surface area contributed by atoms with E-state index in [2.05, 4.69) is 63.1 Å². The Kier molecular flexibility index (Phi) is 7.17. The quantitative estimate of drug-likeness (QED) is 0.661. The summed E-state index contributed by atoms with van der Waals surface area (Å²) in [5.74, 6) is 1.39. The molecule has 0 bridgehead atoms. The maximum atomic E-state index is 13.1. The van der Waals surface area contributed by atoms with E-state index in [0.29, 0.717) is 19.1 Å². The summed E-state index contributed by atoms with van der Waals surface area (Å²) >= 11 is 1.49. The first-order chi connectivity index (χ1) is 15.0. The molecule has 0 spiro atoms. The molecule has 0 radical (unpaired) electrons. The largest absolute Gasteiger partial charge is 0.378 e. The number of nitrogens with zero attached hydrogens (tertiary/aromatic N) is 4. The number of fused-ring (bicyclic) bond motifs is 1. The summed E-state index contributed by atoms with van der Waals surface area (Å²) in [7, 11) is 0. The van der Waals surface area contributed by atoms with Gasteiger partial charge in [-0.25, -0.2) is 0 Å². The molecule has 2 heterocycles. The molecule has 168 valence electrons. The topological polar surface area (TPSA) is 72.3 Å². The van der Waals surface area contributed by atoms with E-state index in [1.807, 2.05) is 6.92 Å². The fourth-order valence-electron chi connectivity index (χ4n) is 4.29. The van der Waals surface area contributed by atoms with Crippen molar-refractivity contribution < 1.29 is 9.53 Å². The third kappa shape index (κ3) is 5.23. The van der Waals surface area contributed by atoms with E-state index in [-0.39, 0.29) is 17.2 Å². The highest BCUT2D eigenvalue weighted by molar-refractivity contribution is 8.00. The van der Waals surface area contributed by atoms with Crippen LogP contribution in [0.15, 0.2) is 29.4 Å². The molecule has 4 rings (SSSR count). The van der Waals surface area contributed by atoms with Crippen LogP contribution in [-0.2, 0) is 22.5 Å². The number of aryl methyl sites for hydroxylation is 1. The van der Waals surface area contributed by atoms with Crippen LogP contribution in [0.5, 0.6) is 0 Å². The van der Waals surface area contributed by atoms with Crippen molar-refractivity contribution in [2.24, 2.45) is 5.92 Å². The predicted octanol–water partition coefficient (Wildman–Crippen LogP) is 3.45. The number of aromatic nitrogens is 3. The number of amides is 1. The van der Waals surface area contributed by atoms with Crippen LogP contribution >= 0.6 is 11.8 Å². The molecule has 2 aromatic rings. The molecule has 1 saturated heterocycles. The molecule has 8 heteroatoms. The second kappa shape index (κ2) is 10.0. The molecule has 0 unspecified atom stereocenters. The fraction of sp³-hybridized carbons (Fsp3) is 0.609. The number of morpholine rings is 1. The molecule has 1 N–H and O–H groups in total. The summed E-state index contributed by atoms with van der Waals surface area (Å²) in [5, 5.41) is 12.8. The Morgan fingerprint density at radius 3 is 2.77 bits per heavy atom. The maximum Gasteiger partial charge on any atom is 0.233 e. The molecule has 1 aliphatic carbocycles. The third-order valence-corrected chi connectivity index (χ3v) is 6.96. The van der Waals surface area contributed by atoms with Crippen LogP contribution in [0.1, 0.15) is 50.8 Å². The molecule has 31 heavy (non-hydrogen) atoms. The third-order valence-electron chi connectivity index (χ3n) is 5.88. The Hall–Kier alpha value is -2.06. The van der Waals surface area contributed by atoms with Crippen molar-refractivity contribution in [2.75, 3.05) is 31.2 Å². The molecule has 0 saturated carbocycles. The molecule has 1 amide bonds.